The molecule has 0 aliphatic carbocycles. The minimum atomic E-state index is -0.627. The highest BCUT2D eigenvalue weighted by atomic mass is 35.5. The standard InChI is InChI=1S/C21H14ClN5O4/c22-16-8-6-14(7-9-16)21(28)24-23-12-15-13-26(17-4-2-1-3-5-17)25-20(15)18-10-11-19(31-18)27(29)30/h1-13H,(H,24,28). The van der Waals surface area contributed by atoms with Crippen molar-refractivity contribution in [3.05, 3.63) is 99.2 Å². The number of nitro groups is 1. The van der Waals surface area contributed by atoms with Crippen LogP contribution < -0.4 is 5.43 Å². The van der Waals surface area contributed by atoms with Crippen molar-refractivity contribution in [2.45, 2.75) is 0 Å². The Morgan fingerprint density at radius 2 is 1.87 bits per heavy atom. The third-order valence-corrected chi connectivity index (χ3v) is 4.50. The Labute approximate surface area is 180 Å². The number of hydrazone groups is 1. The van der Waals surface area contributed by atoms with E-state index in [0.29, 0.717) is 21.8 Å². The predicted molar refractivity (Wildman–Crippen MR) is 114 cm³/mol. The number of nitrogens with zero attached hydrogens (tertiary/aromatic N) is 4. The van der Waals surface area contributed by atoms with Gasteiger partial charge in [0.05, 0.1) is 18.0 Å². The summed E-state index contributed by atoms with van der Waals surface area (Å²) in [5.74, 6) is -0.617. The van der Waals surface area contributed by atoms with Gasteiger partial charge in [0, 0.05) is 22.3 Å². The number of nitrogens with one attached hydrogen (secondary N) is 1. The maximum atomic E-state index is 12.2. The summed E-state index contributed by atoms with van der Waals surface area (Å²) in [7, 11) is 0. The summed E-state index contributed by atoms with van der Waals surface area (Å²) in [6, 6.07) is 18.4. The van der Waals surface area contributed by atoms with Crippen LogP contribution in [0.5, 0.6) is 0 Å². The van der Waals surface area contributed by atoms with Crippen molar-refractivity contribution in [1.82, 2.24) is 15.2 Å². The van der Waals surface area contributed by atoms with Gasteiger partial charge in [-0.2, -0.15) is 10.2 Å². The van der Waals surface area contributed by atoms with Crippen molar-refractivity contribution in [2.24, 2.45) is 5.10 Å². The highest BCUT2D eigenvalue weighted by Gasteiger charge is 2.19. The van der Waals surface area contributed by atoms with Gasteiger partial charge in [0.15, 0.2) is 5.76 Å². The van der Waals surface area contributed by atoms with E-state index in [1.165, 1.54) is 18.3 Å². The zero-order valence-corrected chi connectivity index (χ0v) is 16.6. The van der Waals surface area contributed by atoms with Gasteiger partial charge in [-0.15, -0.1) is 0 Å². The summed E-state index contributed by atoms with van der Waals surface area (Å²) in [5, 5.41) is 19.9. The summed E-state index contributed by atoms with van der Waals surface area (Å²) in [4.78, 5) is 22.6. The van der Waals surface area contributed by atoms with Crippen molar-refractivity contribution >= 4 is 29.6 Å². The Hall–Kier alpha value is -4.24. The Morgan fingerprint density at radius 1 is 1.13 bits per heavy atom. The third kappa shape index (κ3) is 4.51. The van der Waals surface area contributed by atoms with Gasteiger partial charge in [0.2, 0.25) is 0 Å². The fourth-order valence-corrected chi connectivity index (χ4v) is 2.89. The molecule has 0 saturated carbocycles. The molecule has 2 aromatic heterocycles. The zero-order valence-electron chi connectivity index (χ0n) is 15.8. The third-order valence-electron chi connectivity index (χ3n) is 4.24. The Balaban J connectivity index is 1.63. The summed E-state index contributed by atoms with van der Waals surface area (Å²) in [5.41, 5.74) is 4.42. The molecule has 1 N–H and O–H groups in total. The van der Waals surface area contributed by atoms with Crippen LogP contribution in [0.15, 0.2) is 82.4 Å². The largest absolute Gasteiger partial charge is 0.433 e. The van der Waals surface area contributed by atoms with E-state index < -0.39 is 16.7 Å². The Morgan fingerprint density at radius 3 is 2.55 bits per heavy atom. The fourth-order valence-electron chi connectivity index (χ4n) is 2.77. The lowest BCUT2D eigenvalue weighted by Crippen LogP contribution is -2.17. The summed E-state index contributed by atoms with van der Waals surface area (Å²) in [6.07, 6.45) is 3.07. The van der Waals surface area contributed by atoms with E-state index in [1.54, 1.807) is 35.1 Å². The number of carbonyl (C=O) groups is 1. The van der Waals surface area contributed by atoms with Gasteiger partial charge >= 0.3 is 5.88 Å². The van der Waals surface area contributed by atoms with Gasteiger partial charge in [-0.1, -0.05) is 29.8 Å². The van der Waals surface area contributed by atoms with E-state index in [2.05, 4.69) is 15.6 Å². The van der Waals surface area contributed by atoms with Gasteiger partial charge in [-0.25, -0.2) is 10.1 Å². The number of aromatic nitrogens is 2. The van der Waals surface area contributed by atoms with Crippen molar-refractivity contribution in [2.75, 3.05) is 0 Å². The first-order valence-electron chi connectivity index (χ1n) is 9.00. The van der Waals surface area contributed by atoms with Crippen molar-refractivity contribution < 1.29 is 14.1 Å². The van der Waals surface area contributed by atoms with E-state index in [4.69, 9.17) is 16.0 Å². The number of halogens is 1. The average Bonchev–Trinajstić information content (AvgIpc) is 3.42. The van der Waals surface area contributed by atoms with Gasteiger partial charge in [0.25, 0.3) is 5.91 Å². The van der Waals surface area contributed by atoms with Crippen LogP contribution in [-0.4, -0.2) is 26.8 Å². The van der Waals surface area contributed by atoms with Crippen LogP contribution in [0.1, 0.15) is 15.9 Å². The maximum Gasteiger partial charge on any atom is 0.433 e. The lowest BCUT2D eigenvalue weighted by atomic mass is 10.2. The molecular weight excluding hydrogens is 422 g/mol. The highest BCUT2D eigenvalue weighted by molar-refractivity contribution is 6.30. The minimum absolute atomic E-state index is 0.201. The molecule has 10 heteroatoms. The van der Waals surface area contributed by atoms with Gasteiger partial charge in [-0.05, 0) is 42.5 Å². The van der Waals surface area contributed by atoms with E-state index in [9.17, 15) is 14.9 Å². The monoisotopic (exact) mass is 435 g/mol. The number of carbonyl (C=O) groups excluding carboxylic acids is 1. The van der Waals surface area contributed by atoms with Crippen LogP contribution >= 0.6 is 11.6 Å². The molecule has 0 spiro atoms. The molecule has 31 heavy (non-hydrogen) atoms. The van der Waals surface area contributed by atoms with Gasteiger partial charge in [-0.3, -0.25) is 14.9 Å². The van der Waals surface area contributed by atoms with E-state index in [0.717, 1.165) is 5.69 Å². The molecule has 0 aliphatic rings. The molecule has 0 aliphatic heterocycles. The summed E-state index contributed by atoms with van der Waals surface area (Å²) >= 11 is 5.83. The SMILES string of the molecule is O=C(NN=Cc1cn(-c2ccccc2)nc1-c1ccc([N+](=O)[O-])o1)c1ccc(Cl)cc1. The fraction of sp³-hybridized carbons (Fsp3) is 0. The maximum absolute atomic E-state index is 12.2. The molecule has 4 rings (SSSR count). The number of furan rings is 1. The number of rotatable bonds is 6. The van der Waals surface area contributed by atoms with Crippen molar-refractivity contribution in [3.8, 4) is 17.1 Å². The second-order valence-electron chi connectivity index (χ2n) is 6.31. The molecule has 154 valence electrons. The lowest BCUT2D eigenvalue weighted by molar-refractivity contribution is -0.401. The number of para-hydroxylation sites is 1. The van der Waals surface area contributed by atoms with E-state index in [-0.39, 0.29) is 5.76 Å². The zero-order chi connectivity index (χ0) is 21.8. The number of hydrogen-bond acceptors (Lipinski definition) is 6. The molecule has 2 heterocycles. The molecule has 9 nitrogen and oxygen atoms in total. The van der Waals surface area contributed by atoms with Crippen molar-refractivity contribution in [3.63, 3.8) is 0 Å². The lowest BCUT2D eigenvalue weighted by Gasteiger charge is -1.99. The van der Waals surface area contributed by atoms with Crippen LogP contribution in [0, 0.1) is 10.1 Å². The first-order valence-corrected chi connectivity index (χ1v) is 9.38. The van der Waals surface area contributed by atoms with Crippen LogP contribution in [-0.2, 0) is 0 Å². The van der Waals surface area contributed by atoms with Crippen LogP contribution in [0.25, 0.3) is 17.1 Å². The van der Waals surface area contributed by atoms with Crippen molar-refractivity contribution in [1.29, 1.82) is 0 Å². The second-order valence-corrected chi connectivity index (χ2v) is 6.75. The molecule has 4 aromatic rings. The number of benzene rings is 2. The van der Waals surface area contributed by atoms with Crippen LogP contribution in [0.2, 0.25) is 5.02 Å². The molecule has 0 fully saturated rings. The summed E-state index contributed by atoms with van der Waals surface area (Å²) in [6.45, 7) is 0. The molecule has 1 amide bonds. The molecule has 0 unspecified atom stereocenters. The molecule has 0 atom stereocenters. The van der Waals surface area contributed by atoms with E-state index >= 15 is 0 Å². The number of amides is 1. The molecular formula is C21H14ClN5O4. The molecule has 0 bridgehead atoms. The van der Waals surface area contributed by atoms with Crippen LogP contribution in [0.3, 0.4) is 0 Å². The first-order chi connectivity index (χ1) is 15.0. The first kappa shape index (κ1) is 20.0. The molecule has 2 aromatic carbocycles. The average molecular weight is 436 g/mol. The smallest absolute Gasteiger partial charge is 0.399 e. The molecule has 0 saturated heterocycles. The van der Waals surface area contributed by atoms with Gasteiger partial charge in [0.1, 0.15) is 10.6 Å². The van der Waals surface area contributed by atoms with Crippen LogP contribution in [0.4, 0.5) is 5.88 Å². The normalized spacial score (nSPS) is 11.0. The second kappa shape index (κ2) is 8.64. The van der Waals surface area contributed by atoms with E-state index in [1.807, 2.05) is 30.3 Å². The predicted octanol–water partition coefficient (Wildman–Crippen LogP) is 4.46. The minimum Gasteiger partial charge on any atom is -0.399 e. The quantitative estimate of drug-likeness (QED) is 0.273. The van der Waals surface area contributed by atoms with Gasteiger partial charge < -0.3 is 4.42 Å². The Bertz CT molecular complexity index is 1260. The highest BCUT2D eigenvalue weighted by Crippen LogP contribution is 2.27. The summed E-state index contributed by atoms with van der Waals surface area (Å²) < 4.78 is 6.88. The Kier molecular flexibility index (Phi) is 5.59. The topological polar surface area (TPSA) is 116 Å². The molecule has 0 radical (unpaired) electrons. The number of hydrogen-bond donors (Lipinski definition) is 1.